The van der Waals surface area contributed by atoms with E-state index in [-0.39, 0.29) is 5.75 Å². The molecular weight excluding hydrogens is 280 g/mol. The van der Waals surface area contributed by atoms with Gasteiger partial charge in [0.1, 0.15) is 5.75 Å². The van der Waals surface area contributed by atoms with Gasteiger partial charge < -0.3 is 14.6 Å². The Labute approximate surface area is 130 Å². The van der Waals surface area contributed by atoms with Gasteiger partial charge in [-0.25, -0.2) is 4.79 Å². The fourth-order valence-corrected chi connectivity index (χ4v) is 2.07. The zero-order valence-electron chi connectivity index (χ0n) is 12.8. The summed E-state index contributed by atoms with van der Waals surface area (Å²) in [6, 6.07) is 14.7. The highest BCUT2D eigenvalue weighted by Crippen LogP contribution is 2.14. The van der Waals surface area contributed by atoms with E-state index in [0.29, 0.717) is 13.0 Å². The molecule has 0 saturated heterocycles. The molecule has 1 unspecified atom stereocenters. The fraction of sp³-hybridized carbons (Fsp3) is 0.278. The van der Waals surface area contributed by atoms with E-state index >= 15 is 0 Å². The number of aryl methyl sites for hydroxylation is 1. The minimum Gasteiger partial charge on any atom is -0.508 e. The summed E-state index contributed by atoms with van der Waals surface area (Å²) >= 11 is 0. The molecule has 0 aliphatic rings. The van der Waals surface area contributed by atoms with E-state index in [2.05, 4.69) is 0 Å². The second kappa shape index (κ2) is 7.61. The lowest BCUT2D eigenvalue weighted by Crippen LogP contribution is -2.28. The molecule has 4 heteroatoms. The first-order valence-electron chi connectivity index (χ1n) is 7.11. The molecule has 0 bridgehead atoms. The molecule has 0 spiro atoms. The van der Waals surface area contributed by atoms with Gasteiger partial charge in [0.2, 0.25) is 0 Å². The van der Waals surface area contributed by atoms with Crippen molar-refractivity contribution in [2.75, 3.05) is 7.11 Å². The number of phenols is 1. The smallest absolute Gasteiger partial charge is 0.335 e. The molecular formula is C18H20O4. The maximum Gasteiger partial charge on any atom is 0.335 e. The predicted molar refractivity (Wildman–Crippen MR) is 83.6 cm³/mol. The molecule has 0 heterocycles. The Hall–Kier alpha value is -2.33. The Morgan fingerprint density at radius 3 is 2.23 bits per heavy atom. The molecule has 0 radical (unpaired) electrons. The van der Waals surface area contributed by atoms with Gasteiger partial charge in [-0.1, -0.05) is 42.0 Å². The number of carbonyl (C=O) groups excluding carboxylic acids is 1. The molecule has 1 N–H and O–H groups in total. The van der Waals surface area contributed by atoms with Gasteiger partial charge in [0.15, 0.2) is 6.10 Å². The molecule has 0 saturated carbocycles. The van der Waals surface area contributed by atoms with Crippen molar-refractivity contribution in [3.63, 3.8) is 0 Å². The molecule has 1 atom stereocenters. The number of carbonyl (C=O) groups is 1. The van der Waals surface area contributed by atoms with Gasteiger partial charge in [-0.2, -0.15) is 0 Å². The third kappa shape index (κ3) is 4.60. The molecule has 22 heavy (non-hydrogen) atoms. The average Bonchev–Trinajstić information content (AvgIpc) is 2.54. The van der Waals surface area contributed by atoms with Crippen molar-refractivity contribution < 1.29 is 19.4 Å². The van der Waals surface area contributed by atoms with Crippen LogP contribution in [-0.4, -0.2) is 24.3 Å². The highest BCUT2D eigenvalue weighted by atomic mass is 16.6. The van der Waals surface area contributed by atoms with E-state index in [9.17, 15) is 9.90 Å². The zero-order valence-corrected chi connectivity index (χ0v) is 12.8. The number of ether oxygens (including phenoxy) is 2. The highest BCUT2D eigenvalue weighted by molar-refractivity contribution is 5.75. The quantitative estimate of drug-likeness (QED) is 0.833. The molecule has 0 amide bonds. The van der Waals surface area contributed by atoms with E-state index in [1.807, 2.05) is 31.2 Å². The van der Waals surface area contributed by atoms with Crippen molar-refractivity contribution in [3.05, 3.63) is 65.2 Å². The number of methoxy groups -OCH3 is 1. The summed E-state index contributed by atoms with van der Waals surface area (Å²) in [5.74, 6) is -0.209. The van der Waals surface area contributed by atoms with Crippen molar-refractivity contribution in [2.45, 2.75) is 26.1 Å². The normalized spacial score (nSPS) is 11.9. The van der Waals surface area contributed by atoms with Crippen molar-refractivity contribution in [1.29, 1.82) is 0 Å². The van der Waals surface area contributed by atoms with E-state index in [1.54, 1.807) is 24.3 Å². The summed E-state index contributed by atoms with van der Waals surface area (Å²) < 4.78 is 10.5. The van der Waals surface area contributed by atoms with Crippen LogP contribution in [-0.2, 0) is 27.3 Å². The van der Waals surface area contributed by atoms with Crippen LogP contribution >= 0.6 is 0 Å². The lowest BCUT2D eigenvalue weighted by molar-refractivity contribution is -0.154. The number of aromatic hydroxyl groups is 1. The van der Waals surface area contributed by atoms with Gasteiger partial charge in [-0.3, -0.25) is 0 Å². The van der Waals surface area contributed by atoms with E-state index in [0.717, 1.165) is 11.1 Å². The Balaban J connectivity index is 2.01. The van der Waals surface area contributed by atoms with E-state index < -0.39 is 12.1 Å². The van der Waals surface area contributed by atoms with Crippen LogP contribution in [0.4, 0.5) is 0 Å². The number of esters is 1. The first-order chi connectivity index (χ1) is 10.6. The molecule has 0 aliphatic carbocycles. The minimum absolute atomic E-state index is 0.193. The summed E-state index contributed by atoms with van der Waals surface area (Å²) in [7, 11) is 1.35. The molecule has 116 valence electrons. The molecule has 2 aromatic rings. The monoisotopic (exact) mass is 300 g/mol. The second-order valence-electron chi connectivity index (χ2n) is 5.18. The van der Waals surface area contributed by atoms with Crippen LogP contribution in [0, 0.1) is 6.92 Å². The molecule has 0 fully saturated rings. The third-order valence-corrected chi connectivity index (χ3v) is 3.39. The largest absolute Gasteiger partial charge is 0.508 e. The predicted octanol–water partition coefficient (Wildman–Crippen LogP) is 3.00. The van der Waals surface area contributed by atoms with Crippen molar-refractivity contribution >= 4 is 5.97 Å². The zero-order chi connectivity index (χ0) is 15.9. The summed E-state index contributed by atoms with van der Waals surface area (Å²) in [5, 5.41) is 9.30. The minimum atomic E-state index is -0.671. The fourth-order valence-electron chi connectivity index (χ4n) is 2.07. The lowest BCUT2D eigenvalue weighted by atomic mass is 10.1. The van der Waals surface area contributed by atoms with Crippen LogP contribution in [0.1, 0.15) is 16.7 Å². The maximum atomic E-state index is 11.9. The Morgan fingerprint density at radius 2 is 1.64 bits per heavy atom. The van der Waals surface area contributed by atoms with Gasteiger partial charge in [0.05, 0.1) is 13.7 Å². The number of hydrogen-bond donors (Lipinski definition) is 1. The Morgan fingerprint density at radius 1 is 1.05 bits per heavy atom. The molecule has 0 aliphatic heterocycles. The molecule has 0 aromatic heterocycles. The van der Waals surface area contributed by atoms with Gasteiger partial charge in [-0.05, 0) is 30.2 Å². The summed E-state index contributed by atoms with van der Waals surface area (Å²) in [5.41, 5.74) is 3.08. The van der Waals surface area contributed by atoms with Crippen LogP contribution in [0.3, 0.4) is 0 Å². The van der Waals surface area contributed by atoms with E-state index in [1.165, 1.54) is 12.7 Å². The first-order valence-corrected chi connectivity index (χ1v) is 7.11. The number of benzene rings is 2. The van der Waals surface area contributed by atoms with Gasteiger partial charge in [0, 0.05) is 6.42 Å². The topological polar surface area (TPSA) is 55.8 Å². The number of hydrogen-bond acceptors (Lipinski definition) is 4. The lowest BCUT2D eigenvalue weighted by Gasteiger charge is -2.16. The standard InChI is InChI=1S/C18H20O4/c1-13-3-5-15(6-4-13)12-22-17(18(20)21-2)11-14-7-9-16(19)10-8-14/h3-10,17,19H,11-12H2,1-2H3. The van der Waals surface area contributed by atoms with Crippen LogP contribution in [0.25, 0.3) is 0 Å². The van der Waals surface area contributed by atoms with Gasteiger partial charge in [0.25, 0.3) is 0 Å². The first kappa shape index (κ1) is 16.0. The third-order valence-electron chi connectivity index (χ3n) is 3.39. The van der Waals surface area contributed by atoms with Crippen molar-refractivity contribution in [3.8, 4) is 5.75 Å². The van der Waals surface area contributed by atoms with Gasteiger partial charge in [-0.15, -0.1) is 0 Å². The second-order valence-corrected chi connectivity index (χ2v) is 5.18. The molecule has 2 rings (SSSR count). The number of phenolic OH excluding ortho intramolecular Hbond substituents is 1. The Bertz CT molecular complexity index is 602. The van der Waals surface area contributed by atoms with Crippen LogP contribution in [0.2, 0.25) is 0 Å². The molecule has 2 aromatic carbocycles. The van der Waals surface area contributed by atoms with Crippen molar-refractivity contribution in [1.82, 2.24) is 0 Å². The van der Waals surface area contributed by atoms with Gasteiger partial charge >= 0.3 is 5.97 Å². The van der Waals surface area contributed by atoms with Crippen LogP contribution < -0.4 is 0 Å². The van der Waals surface area contributed by atoms with Crippen LogP contribution in [0.5, 0.6) is 5.75 Å². The van der Waals surface area contributed by atoms with E-state index in [4.69, 9.17) is 9.47 Å². The maximum absolute atomic E-state index is 11.9. The summed E-state index contributed by atoms with van der Waals surface area (Å²) in [4.78, 5) is 11.9. The van der Waals surface area contributed by atoms with Crippen LogP contribution in [0.15, 0.2) is 48.5 Å². The summed E-state index contributed by atoms with van der Waals surface area (Å²) in [6.07, 6.45) is -0.269. The van der Waals surface area contributed by atoms with Crippen molar-refractivity contribution in [2.24, 2.45) is 0 Å². The molecule has 4 nitrogen and oxygen atoms in total. The number of rotatable bonds is 6. The highest BCUT2D eigenvalue weighted by Gasteiger charge is 2.20. The average molecular weight is 300 g/mol. The Kier molecular flexibility index (Phi) is 5.55. The summed E-state index contributed by atoms with van der Waals surface area (Å²) in [6.45, 7) is 2.37. The SMILES string of the molecule is COC(=O)C(Cc1ccc(O)cc1)OCc1ccc(C)cc1.